The highest BCUT2D eigenvalue weighted by atomic mass is 79.9. The Labute approximate surface area is 113 Å². The number of halogens is 2. The summed E-state index contributed by atoms with van der Waals surface area (Å²) in [5, 5.41) is 14.1. The lowest BCUT2D eigenvalue weighted by Gasteiger charge is -2.14. The van der Waals surface area contributed by atoms with Gasteiger partial charge in [0.15, 0.2) is 0 Å². The largest absolute Gasteiger partial charge is 0.389 e. The number of rotatable bonds is 2. The molecule has 96 valence electrons. The van der Waals surface area contributed by atoms with Gasteiger partial charge in [-0.05, 0) is 48.8 Å². The van der Waals surface area contributed by atoms with Crippen molar-refractivity contribution in [3.05, 3.63) is 45.4 Å². The fourth-order valence-corrected chi connectivity index (χ4v) is 2.23. The minimum atomic E-state index is -0.885. The van der Waals surface area contributed by atoms with Crippen LogP contribution in [0, 0.1) is 19.7 Å². The Morgan fingerprint density at radius 3 is 2.56 bits per heavy atom. The van der Waals surface area contributed by atoms with Gasteiger partial charge < -0.3 is 5.11 Å². The standard InChI is InChI=1S/C13H14BrFN2O/c1-7-13(14)8(2)17(16-7)11-6-4-5-10(15)12(11)9(3)18/h4-6,9,18H,1-3H3/t9-/m1/s1. The van der Waals surface area contributed by atoms with Gasteiger partial charge in [-0.2, -0.15) is 5.10 Å². The Morgan fingerprint density at radius 2 is 2.06 bits per heavy atom. The Hall–Kier alpha value is -1.20. The van der Waals surface area contributed by atoms with Crippen LogP contribution in [0.1, 0.15) is 30.0 Å². The van der Waals surface area contributed by atoms with Crippen molar-refractivity contribution in [3.8, 4) is 5.69 Å². The Kier molecular flexibility index (Phi) is 3.54. The lowest BCUT2D eigenvalue weighted by Crippen LogP contribution is -2.08. The van der Waals surface area contributed by atoms with Gasteiger partial charge in [-0.1, -0.05) is 6.07 Å². The first kappa shape index (κ1) is 13.2. The van der Waals surface area contributed by atoms with Gasteiger partial charge in [0.2, 0.25) is 0 Å². The van der Waals surface area contributed by atoms with E-state index in [4.69, 9.17) is 0 Å². The molecule has 1 N–H and O–H groups in total. The molecule has 2 aromatic rings. The maximum atomic E-state index is 13.8. The number of aryl methyl sites for hydroxylation is 1. The molecule has 0 aliphatic heterocycles. The summed E-state index contributed by atoms with van der Waals surface area (Å²) < 4.78 is 16.3. The molecule has 0 fully saturated rings. The molecule has 0 unspecified atom stereocenters. The summed E-state index contributed by atoms with van der Waals surface area (Å²) in [5.41, 5.74) is 2.53. The molecule has 0 radical (unpaired) electrons. The Bertz CT molecular complexity index is 593. The lowest BCUT2D eigenvalue weighted by atomic mass is 10.1. The highest BCUT2D eigenvalue weighted by Gasteiger charge is 2.18. The van der Waals surface area contributed by atoms with E-state index in [1.54, 1.807) is 23.7 Å². The third kappa shape index (κ3) is 2.08. The van der Waals surface area contributed by atoms with Crippen LogP contribution in [0.4, 0.5) is 4.39 Å². The van der Waals surface area contributed by atoms with Gasteiger partial charge in [0, 0.05) is 5.56 Å². The van der Waals surface area contributed by atoms with E-state index in [1.807, 2.05) is 13.8 Å². The normalized spacial score (nSPS) is 12.8. The predicted octanol–water partition coefficient (Wildman–Crippen LogP) is 3.44. The van der Waals surface area contributed by atoms with Crippen molar-refractivity contribution in [3.63, 3.8) is 0 Å². The maximum Gasteiger partial charge on any atom is 0.131 e. The third-order valence-corrected chi connectivity index (χ3v) is 4.03. The number of aliphatic hydroxyl groups excluding tert-OH is 1. The lowest BCUT2D eigenvalue weighted by molar-refractivity contribution is 0.193. The zero-order valence-electron chi connectivity index (χ0n) is 10.4. The van der Waals surface area contributed by atoms with E-state index in [-0.39, 0.29) is 5.56 Å². The van der Waals surface area contributed by atoms with E-state index in [0.29, 0.717) is 5.69 Å². The number of nitrogens with zero attached hydrogens (tertiary/aromatic N) is 2. The quantitative estimate of drug-likeness (QED) is 0.922. The van der Waals surface area contributed by atoms with Crippen molar-refractivity contribution in [2.24, 2.45) is 0 Å². The molecule has 1 atom stereocenters. The topological polar surface area (TPSA) is 38.0 Å². The van der Waals surface area contributed by atoms with Gasteiger partial charge in [0.1, 0.15) is 5.82 Å². The summed E-state index contributed by atoms with van der Waals surface area (Å²) in [6, 6.07) is 4.70. The molecule has 1 heterocycles. The van der Waals surface area contributed by atoms with Crippen LogP contribution in [0.25, 0.3) is 5.69 Å². The summed E-state index contributed by atoms with van der Waals surface area (Å²) >= 11 is 3.44. The van der Waals surface area contributed by atoms with E-state index in [2.05, 4.69) is 21.0 Å². The SMILES string of the molecule is Cc1nn(-c2cccc(F)c2[C@@H](C)O)c(C)c1Br. The predicted molar refractivity (Wildman–Crippen MR) is 71.3 cm³/mol. The highest BCUT2D eigenvalue weighted by Crippen LogP contribution is 2.28. The first-order valence-electron chi connectivity index (χ1n) is 5.62. The number of aromatic nitrogens is 2. The van der Waals surface area contributed by atoms with Crippen molar-refractivity contribution in [1.82, 2.24) is 9.78 Å². The average molecular weight is 313 g/mol. The molecule has 0 amide bonds. The van der Waals surface area contributed by atoms with E-state index in [0.717, 1.165) is 15.9 Å². The molecule has 0 saturated carbocycles. The molecule has 1 aromatic carbocycles. The molecular formula is C13H14BrFN2O. The Balaban J connectivity index is 2.71. The smallest absolute Gasteiger partial charge is 0.131 e. The zero-order chi connectivity index (χ0) is 13.4. The first-order valence-corrected chi connectivity index (χ1v) is 6.41. The first-order chi connectivity index (χ1) is 8.43. The summed E-state index contributed by atoms with van der Waals surface area (Å²) in [7, 11) is 0. The van der Waals surface area contributed by atoms with Crippen LogP contribution in [0.5, 0.6) is 0 Å². The highest BCUT2D eigenvalue weighted by molar-refractivity contribution is 9.10. The van der Waals surface area contributed by atoms with Gasteiger partial charge >= 0.3 is 0 Å². The van der Waals surface area contributed by atoms with Crippen molar-refractivity contribution < 1.29 is 9.50 Å². The van der Waals surface area contributed by atoms with Crippen molar-refractivity contribution in [2.45, 2.75) is 26.9 Å². The van der Waals surface area contributed by atoms with Crippen molar-refractivity contribution in [2.75, 3.05) is 0 Å². The summed E-state index contributed by atoms with van der Waals surface area (Å²) in [4.78, 5) is 0. The molecule has 0 saturated heterocycles. The fraction of sp³-hybridized carbons (Fsp3) is 0.308. The molecule has 0 bridgehead atoms. The van der Waals surface area contributed by atoms with E-state index < -0.39 is 11.9 Å². The summed E-state index contributed by atoms with van der Waals surface area (Å²) in [5.74, 6) is -0.425. The number of benzene rings is 1. The monoisotopic (exact) mass is 312 g/mol. The summed E-state index contributed by atoms with van der Waals surface area (Å²) in [6.07, 6.45) is -0.885. The van der Waals surface area contributed by atoms with E-state index >= 15 is 0 Å². The van der Waals surface area contributed by atoms with Crippen LogP contribution in [-0.4, -0.2) is 14.9 Å². The third-order valence-electron chi connectivity index (χ3n) is 2.88. The van der Waals surface area contributed by atoms with Gasteiger partial charge in [-0.15, -0.1) is 0 Å². The average Bonchev–Trinajstić information content (AvgIpc) is 2.56. The van der Waals surface area contributed by atoms with E-state index in [9.17, 15) is 9.50 Å². The molecular weight excluding hydrogens is 299 g/mol. The number of hydrogen-bond acceptors (Lipinski definition) is 2. The van der Waals surface area contributed by atoms with Gasteiger partial charge in [-0.3, -0.25) is 0 Å². The van der Waals surface area contributed by atoms with Crippen molar-refractivity contribution >= 4 is 15.9 Å². The molecule has 1 aromatic heterocycles. The fourth-order valence-electron chi connectivity index (χ4n) is 1.98. The van der Waals surface area contributed by atoms with Crippen LogP contribution in [0.2, 0.25) is 0 Å². The molecule has 0 aliphatic carbocycles. The number of aliphatic hydroxyl groups is 1. The van der Waals surface area contributed by atoms with Crippen LogP contribution in [0.15, 0.2) is 22.7 Å². The second-order valence-corrected chi connectivity index (χ2v) is 5.04. The second kappa shape index (κ2) is 4.82. The van der Waals surface area contributed by atoms with Crippen LogP contribution in [0.3, 0.4) is 0 Å². The summed E-state index contributed by atoms with van der Waals surface area (Å²) in [6.45, 7) is 5.30. The maximum absolute atomic E-state index is 13.8. The van der Waals surface area contributed by atoms with Crippen LogP contribution in [-0.2, 0) is 0 Å². The van der Waals surface area contributed by atoms with Gasteiger partial charge in [0.25, 0.3) is 0 Å². The minimum absolute atomic E-state index is 0.260. The molecule has 0 spiro atoms. The molecule has 18 heavy (non-hydrogen) atoms. The molecule has 2 rings (SSSR count). The molecule has 3 nitrogen and oxygen atoms in total. The van der Waals surface area contributed by atoms with Crippen LogP contribution >= 0.6 is 15.9 Å². The Morgan fingerprint density at radius 1 is 1.39 bits per heavy atom. The van der Waals surface area contributed by atoms with Crippen LogP contribution < -0.4 is 0 Å². The molecule has 5 heteroatoms. The number of hydrogen-bond donors (Lipinski definition) is 1. The zero-order valence-corrected chi connectivity index (χ0v) is 12.0. The second-order valence-electron chi connectivity index (χ2n) is 4.25. The van der Waals surface area contributed by atoms with Gasteiger partial charge in [-0.25, -0.2) is 9.07 Å². The minimum Gasteiger partial charge on any atom is -0.389 e. The van der Waals surface area contributed by atoms with E-state index in [1.165, 1.54) is 6.07 Å². The molecule has 0 aliphatic rings. The van der Waals surface area contributed by atoms with Crippen molar-refractivity contribution in [1.29, 1.82) is 0 Å². The van der Waals surface area contributed by atoms with Gasteiger partial charge in [0.05, 0.1) is 27.7 Å².